The summed E-state index contributed by atoms with van der Waals surface area (Å²) < 4.78 is 0.493. The van der Waals surface area contributed by atoms with Gasteiger partial charge in [0, 0.05) is 25.9 Å². The Morgan fingerprint density at radius 1 is 0.969 bits per heavy atom. The quantitative estimate of drug-likeness (QED) is 0.211. The highest BCUT2D eigenvalue weighted by Gasteiger charge is 2.31. The first kappa shape index (κ1) is 26.1. The molecule has 0 atom stereocenters. The normalized spacial score (nSPS) is 14.9. The fourth-order valence-electron chi connectivity index (χ4n) is 3.38. The molecule has 6 nitrogen and oxygen atoms in total. The van der Waals surface area contributed by atoms with Gasteiger partial charge in [-0.15, -0.1) is 0 Å². The lowest BCUT2D eigenvalue weighted by Crippen LogP contribution is -2.33. The van der Waals surface area contributed by atoms with E-state index in [0.29, 0.717) is 22.3 Å². The van der Waals surface area contributed by atoms with Gasteiger partial charge in [-0.25, -0.2) is 0 Å². The number of carboxylic acid groups (broad SMARTS) is 1. The van der Waals surface area contributed by atoms with Crippen molar-refractivity contribution in [3.8, 4) is 0 Å². The number of hydrogen-bond acceptors (Lipinski definition) is 5. The summed E-state index contributed by atoms with van der Waals surface area (Å²) in [6, 6.07) is 9.63. The van der Waals surface area contributed by atoms with Crippen molar-refractivity contribution in [2.75, 3.05) is 13.1 Å². The van der Waals surface area contributed by atoms with Crippen LogP contribution in [-0.2, 0) is 14.4 Å². The first-order valence-electron chi connectivity index (χ1n) is 11.3. The van der Waals surface area contributed by atoms with Crippen molar-refractivity contribution in [1.82, 2.24) is 10.2 Å². The van der Waals surface area contributed by atoms with Crippen LogP contribution in [0.15, 0.2) is 35.2 Å². The zero-order valence-corrected chi connectivity index (χ0v) is 20.0. The molecule has 0 spiro atoms. The summed E-state index contributed by atoms with van der Waals surface area (Å²) in [5, 5.41) is 11.5. The van der Waals surface area contributed by atoms with E-state index in [9.17, 15) is 14.4 Å². The first-order valence-corrected chi connectivity index (χ1v) is 12.5. The van der Waals surface area contributed by atoms with E-state index >= 15 is 0 Å². The van der Waals surface area contributed by atoms with Gasteiger partial charge in [0.05, 0.1) is 4.91 Å². The molecular formula is C24H32N2O4S2. The van der Waals surface area contributed by atoms with Gasteiger partial charge in [0.25, 0.3) is 5.91 Å². The smallest absolute Gasteiger partial charge is 0.303 e. The number of thiocarbonyl (C=S) groups is 1. The SMILES string of the molecule is O=C(O)CCCCCCCCCCNC(=O)CCN1C(=O)/C(=C\c2ccccc2)SC1=S. The maximum Gasteiger partial charge on any atom is 0.303 e. The predicted molar refractivity (Wildman–Crippen MR) is 133 cm³/mol. The van der Waals surface area contributed by atoms with Gasteiger partial charge in [0.1, 0.15) is 4.32 Å². The number of unbranched alkanes of at least 4 members (excludes halogenated alkanes) is 7. The number of thioether (sulfide) groups is 1. The molecule has 0 aromatic heterocycles. The number of hydrogen-bond donors (Lipinski definition) is 2. The lowest BCUT2D eigenvalue weighted by atomic mass is 10.1. The van der Waals surface area contributed by atoms with Crippen LogP contribution in [0.1, 0.15) is 69.8 Å². The Morgan fingerprint density at radius 2 is 1.59 bits per heavy atom. The van der Waals surface area contributed by atoms with E-state index in [-0.39, 0.29) is 24.7 Å². The number of nitrogens with zero attached hydrogens (tertiary/aromatic N) is 1. The van der Waals surface area contributed by atoms with Crippen LogP contribution in [0, 0.1) is 0 Å². The molecule has 0 radical (unpaired) electrons. The molecular weight excluding hydrogens is 444 g/mol. The van der Waals surface area contributed by atoms with Gasteiger partial charge >= 0.3 is 5.97 Å². The predicted octanol–water partition coefficient (Wildman–Crippen LogP) is 4.99. The molecule has 32 heavy (non-hydrogen) atoms. The third kappa shape index (κ3) is 9.96. The molecule has 1 fully saturated rings. The molecule has 1 aliphatic rings. The summed E-state index contributed by atoms with van der Waals surface area (Å²) in [5.74, 6) is -0.922. The van der Waals surface area contributed by atoms with Crippen molar-refractivity contribution in [2.24, 2.45) is 0 Å². The van der Waals surface area contributed by atoms with E-state index in [1.807, 2.05) is 36.4 Å². The molecule has 2 N–H and O–H groups in total. The van der Waals surface area contributed by atoms with Crippen molar-refractivity contribution >= 4 is 52.2 Å². The first-order chi connectivity index (χ1) is 15.5. The van der Waals surface area contributed by atoms with Crippen LogP contribution in [0.5, 0.6) is 0 Å². The molecule has 1 saturated heterocycles. The molecule has 0 aliphatic carbocycles. The number of carbonyl (C=O) groups is 3. The number of carboxylic acids is 1. The number of aliphatic carboxylic acids is 1. The minimum Gasteiger partial charge on any atom is -0.481 e. The molecule has 1 aliphatic heterocycles. The number of amides is 2. The van der Waals surface area contributed by atoms with Gasteiger partial charge < -0.3 is 10.4 Å². The van der Waals surface area contributed by atoms with Crippen LogP contribution in [-0.4, -0.2) is 45.2 Å². The summed E-state index contributed by atoms with van der Waals surface area (Å²) in [6.07, 6.45) is 10.6. The van der Waals surface area contributed by atoms with Crippen LogP contribution < -0.4 is 5.32 Å². The van der Waals surface area contributed by atoms with Crippen molar-refractivity contribution in [3.05, 3.63) is 40.8 Å². The Bertz CT molecular complexity index is 811. The molecule has 2 rings (SSSR count). The third-order valence-electron chi connectivity index (χ3n) is 5.17. The lowest BCUT2D eigenvalue weighted by molar-refractivity contribution is -0.137. The van der Waals surface area contributed by atoms with E-state index in [1.54, 1.807) is 0 Å². The average molecular weight is 477 g/mol. The number of carbonyl (C=O) groups excluding carboxylic acids is 2. The van der Waals surface area contributed by atoms with E-state index in [4.69, 9.17) is 17.3 Å². The minimum atomic E-state index is -0.717. The van der Waals surface area contributed by atoms with Crippen LogP contribution in [0.4, 0.5) is 0 Å². The van der Waals surface area contributed by atoms with Crippen LogP contribution in [0.3, 0.4) is 0 Å². The number of nitrogens with one attached hydrogen (secondary N) is 1. The molecule has 1 aromatic rings. The van der Waals surface area contributed by atoms with Gasteiger partial charge in [-0.1, -0.05) is 92.8 Å². The zero-order chi connectivity index (χ0) is 23.2. The maximum absolute atomic E-state index is 12.6. The van der Waals surface area contributed by atoms with Gasteiger partial charge in [-0.3, -0.25) is 19.3 Å². The summed E-state index contributed by atoms with van der Waals surface area (Å²) in [7, 11) is 0. The van der Waals surface area contributed by atoms with E-state index in [2.05, 4.69) is 5.32 Å². The molecule has 2 amide bonds. The van der Waals surface area contributed by atoms with E-state index in [1.165, 1.54) is 16.7 Å². The Labute approximate surface area is 199 Å². The van der Waals surface area contributed by atoms with Crippen molar-refractivity contribution in [2.45, 2.75) is 64.2 Å². The average Bonchev–Trinajstić information content (AvgIpc) is 3.03. The molecule has 0 saturated carbocycles. The monoisotopic (exact) mass is 476 g/mol. The Kier molecular flexibility index (Phi) is 12.0. The third-order valence-corrected chi connectivity index (χ3v) is 6.55. The van der Waals surface area contributed by atoms with Gasteiger partial charge in [0.15, 0.2) is 0 Å². The fraction of sp³-hybridized carbons (Fsp3) is 0.500. The standard InChI is InChI=1S/C24H32N2O4S2/c27-21(25-16-11-6-4-2-1-3-5-10-14-22(28)29)15-17-26-23(30)20(32-24(26)31)18-19-12-8-7-9-13-19/h7-9,12-13,18H,1-6,10-11,14-17H2,(H,25,27)(H,28,29)/b20-18+. The Morgan fingerprint density at radius 3 is 2.25 bits per heavy atom. The summed E-state index contributed by atoms with van der Waals surface area (Å²) in [6.45, 7) is 0.939. The Hall–Kier alpha value is -2.19. The molecule has 8 heteroatoms. The minimum absolute atomic E-state index is 0.0653. The van der Waals surface area contributed by atoms with Gasteiger partial charge in [0.2, 0.25) is 5.91 Å². The van der Waals surface area contributed by atoms with Crippen LogP contribution in [0.25, 0.3) is 6.08 Å². The van der Waals surface area contributed by atoms with Gasteiger partial charge in [-0.2, -0.15) is 0 Å². The van der Waals surface area contributed by atoms with Crippen LogP contribution in [0.2, 0.25) is 0 Å². The molecule has 0 bridgehead atoms. The van der Waals surface area contributed by atoms with Crippen LogP contribution >= 0.6 is 24.0 Å². The molecule has 174 valence electrons. The largest absolute Gasteiger partial charge is 0.481 e. The second kappa shape index (κ2) is 14.8. The molecule has 1 aromatic carbocycles. The van der Waals surface area contributed by atoms with Crippen molar-refractivity contribution in [3.63, 3.8) is 0 Å². The number of rotatable bonds is 15. The molecule has 1 heterocycles. The zero-order valence-electron chi connectivity index (χ0n) is 18.4. The maximum atomic E-state index is 12.6. The van der Waals surface area contributed by atoms with Gasteiger partial charge in [-0.05, 0) is 24.5 Å². The topological polar surface area (TPSA) is 86.7 Å². The second-order valence-electron chi connectivity index (χ2n) is 7.82. The lowest BCUT2D eigenvalue weighted by Gasteiger charge is -2.14. The summed E-state index contributed by atoms with van der Waals surface area (Å²) >= 11 is 6.60. The van der Waals surface area contributed by atoms with E-state index < -0.39 is 5.97 Å². The number of benzene rings is 1. The van der Waals surface area contributed by atoms with E-state index in [0.717, 1.165) is 56.9 Å². The summed E-state index contributed by atoms with van der Waals surface area (Å²) in [5.41, 5.74) is 0.948. The molecule has 0 unspecified atom stereocenters. The van der Waals surface area contributed by atoms with Crippen molar-refractivity contribution < 1.29 is 19.5 Å². The fourth-order valence-corrected chi connectivity index (χ4v) is 4.69. The second-order valence-corrected chi connectivity index (χ2v) is 9.49. The highest BCUT2D eigenvalue weighted by atomic mass is 32.2. The highest BCUT2D eigenvalue weighted by Crippen LogP contribution is 2.32. The summed E-state index contributed by atoms with van der Waals surface area (Å²) in [4.78, 5) is 37.2. The van der Waals surface area contributed by atoms with Crippen molar-refractivity contribution in [1.29, 1.82) is 0 Å². The highest BCUT2D eigenvalue weighted by molar-refractivity contribution is 8.26. The Balaban J connectivity index is 1.54.